The van der Waals surface area contributed by atoms with Crippen molar-refractivity contribution in [3.63, 3.8) is 0 Å². The number of nitrogens with one attached hydrogen (secondary N) is 1. The molecule has 1 amide bonds. The molecule has 0 bridgehead atoms. The van der Waals surface area contributed by atoms with Crippen LogP contribution in [-0.4, -0.2) is 44.1 Å². The Morgan fingerprint density at radius 2 is 2.19 bits per heavy atom. The van der Waals surface area contributed by atoms with E-state index in [1.54, 1.807) is 25.3 Å². The molecule has 1 aliphatic heterocycles. The minimum atomic E-state index is -0.0255. The molecule has 21 heavy (non-hydrogen) atoms. The number of benzene rings is 1. The average molecular weight is 312 g/mol. The number of rotatable bonds is 5. The second-order valence-electron chi connectivity index (χ2n) is 5.35. The van der Waals surface area contributed by atoms with Crippen molar-refractivity contribution in [2.75, 3.05) is 38.6 Å². The first-order valence-electron chi connectivity index (χ1n) is 7.18. The van der Waals surface area contributed by atoms with Crippen molar-refractivity contribution in [2.24, 2.45) is 11.7 Å². The van der Waals surface area contributed by atoms with Gasteiger partial charge >= 0.3 is 0 Å². The van der Waals surface area contributed by atoms with Gasteiger partial charge < -0.3 is 15.8 Å². The van der Waals surface area contributed by atoms with Crippen LogP contribution in [-0.2, 0) is 4.79 Å². The van der Waals surface area contributed by atoms with Gasteiger partial charge in [0, 0.05) is 5.69 Å². The van der Waals surface area contributed by atoms with E-state index < -0.39 is 0 Å². The summed E-state index contributed by atoms with van der Waals surface area (Å²) in [5.41, 5.74) is 6.35. The smallest absolute Gasteiger partial charge is 0.238 e. The van der Waals surface area contributed by atoms with E-state index in [1.165, 1.54) is 0 Å². The minimum absolute atomic E-state index is 0.0255. The van der Waals surface area contributed by atoms with Gasteiger partial charge in [-0.2, -0.15) is 0 Å². The maximum absolute atomic E-state index is 12.0. The molecule has 5 nitrogen and oxygen atoms in total. The fourth-order valence-corrected chi connectivity index (χ4v) is 2.79. The molecule has 2 rings (SSSR count). The molecule has 1 heterocycles. The van der Waals surface area contributed by atoms with E-state index in [-0.39, 0.29) is 5.91 Å². The molecule has 0 unspecified atom stereocenters. The zero-order valence-electron chi connectivity index (χ0n) is 12.3. The lowest BCUT2D eigenvalue weighted by Gasteiger charge is -2.30. The van der Waals surface area contributed by atoms with Crippen molar-refractivity contribution in [2.45, 2.75) is 12.8 Å². The molecule has 0 atom stereocenters. The van der Waals surface area contributed by atoms with Crippen LogP contribution in [0, 0.1) is 5.92 Å². The maximum Gasteiger partial charge on any atom is 0.238 e. The lowest BCUT2D eigenvalue weighted by molar-refractivity contribution is -0.117. The number of amides is 1. The van der Waals surface area contributed by atoms with Gasteiger partial charge in [-0.3, -0.25) is 9.69 Å². The Morgan fingerprint density at radius 3 is 2.76 bits per heavy atom. The minimum Gasteiger partial charge on any atom is -0.495 e. The van der Waals surface area contributed by atoms with Crippen LogP contribution in [0.25, 0.3) is 0 Å². The van der Waals surface area contributed by atoms with Gasteiger partial charge in [-0.05, 0) is 56.6 Å². The molecular weight excluding hydrogens is 290 g/mol. The van der Waals surface area contributed by atoms with E-state index in [1.807, 2.05) is 0 Å². The van der Waals surface area contributed by atoms with E-state index >= 15 is 0 Å². The van der Waals surface area contributed by atoms with Crippen molar-refractivity contribution < 1.29 is 9.53 Å². The highest BCUT2D eigenvalue weighted by atomic mass is 35.5. The number of carbonyl (C=O) groups excluding carboxylic acids is 1. The summed E-state index contributed by atoms with van der Waals surface area (Å²) in [7, 11) is 1.56. The van der Waals surface area contributed by atoms with Crippen molar-refractivity contribution in [1.29, 1.82) is 0 Å². The van der Waals surface area contributed by atoms with Gasteiger partial charge in [0.15, 0.2) is 0 Å². The zero-order valence-corrected chi connectivity index (χ0v) is 13.0. The number of halogens is 1. The Balaban J connectivity index is 1.83. The summed E-state index contributed by atoms with van der Waals surface area (Å²) in [6, 6.07) is 5.22. The number of likely N-dealkylation sites (tertiary alicyclic amines) is 1. The molecule has 1 saturated heterocycles. The monoisotopic (exact) mass is 311 g/mol. The lowest BCUT2D eigenvalue weighted by atomic mass is 9.97. The second kappa shape index (κ2) is 7.64. The SMILES string of the molecule is COc1ccc(NC(=O)CN2CCC(CN)CC2)cc1Cl. The molecule has 3 N–H and O–H groups in total. The van der Waals surface area contributed by atoms with Crippen LogP contribution in [0.2, 0.25) is 5.02 Å². The predicted molar refractivity (Wildman–Crippen MR) is 84.9 cm³/mol. The quantitative estimate of drug-likeness (QED) is 0.872. The number of hydrogen-bond acceptors (Lipinski definition) is 4. The Morgan fingerprint density at radius 1 is 1.48 bits per heavy atom. The molecule has 1 aromatic carbocycles. The standard InChI is InChI=1S/C15H22ClN3O2/c1-21-14-3-2-12(8-13(14)16)18-15(20)10-19-6-4-11(9-17)5-7-19/h2-3,8,11H,4-7,9-10,17H2,1H3,(H,18,20). The number of anilines is 1. The third kappa shape index (κ3) is 4.59. The predicted octanol–water partition coefficient (Wildman–Crippen LogP) is 1.96. The number of nitrogens with zero attached hydrogens (tertiary/aromatic N) is 1. The van der Waals surface area contributed by atoms with Crippen LogP contribution in [0.5, 0.6) is 5.75 Å². The topological polar surface area (TPSA) is 67.6 Å². The summed E-state index contributed by atoms with van der Waals surface area (Å²) < 4.78 is 5.08. The van der Waals surface area contributed by atoms with Gasteiger partial charge in [0.2, 0.25) is 5.91 Å². The number of ether oxygens (including phenoxy) is 1. The number of methoxy groups -OCH3 is 1. The second-order valence-corrected chi connectivity index (χ2v) is 5.76. The first-order valence-corrected chi connectivity index (χ1v) is 7.56. The summed E-state index contributed by atoms with van der Waals surface area (Å²) in [5, 5.41) is 3.35. The van der Waals surface area contributed by atoms with Crippen molar-refractivity contribution in [1.82, 2.24) is 4.90 Å². The Bertz CT molecular complexity index is 488. The average Bonchev–Trinajstić information content (AvgIpc) is 2.48. The van der Waals surface area contributed by atoms with Crippen molar-refractivity contribution in [3.8, 4) is 5.75 Å². The first-order chi connectivity index (χ1) is 10.1. The van der Waals surface area contributed by atoms with E-state index in [2.05, 4.69) is 10.2 Å². The highest BCUT2D eigenvalue weighted by Gasteiger charge is 2.19. The highest BCUT2D eigenvalue weighted by Crippen LogP contribution is 2.27. The Kier molecular flexibility index (Phi) is 5.85. The number of hydrogen-bond donors (Lipinski definition) is 2. The molecule has 1 fully saturated rings. The van der Waals surface area contributed by atoms with Crippen LogP contribution in [0.1, 0.15) is 12.8 Å². The third-order valence-corrected chi connectivity index (χ3v) is 4.14. The number of nitrogens with two attached hydrogens (primary N) is 1. The summed E-state index contributed by atoms with van der Waals surface area (Å²) in [4.78, 5) is 14.2. The molecule has 0 spiro atoms. The summed E-state index contributed by atoms with van der Waals surface area (Å²) >= 11 is 6.04. The van der Waals surface area contributed by atoms with Crippen molar-refractivity contribution >= 4 is 23.2 Å². The fourth-order valence-electron chi connectivity index (χ4n) is 2.53. The van der Waals surface area contributed by atoms with Gasteiger partial charge in [0.05, 0.1) is 18.7 Å². The molecule has 0 saturated carbocycles. The van der Waals surface area contributed by atoms with E-state index in [9.17, 15) is 4.79 Å². The van der Waals surface area contributed by atoms with Crippen LogP contribution in [0.15, 0.2) is 18.2 Å². The summed E-state index contributed by atoms with van der Waals surface area (Å²) in [6.45, 7) is 3.00. The van der Waals surface area contributed by atoms with E-state index in [4.69, 9.17) is 22.1 Å². The summed E-state index contributed by atoms with van der Waals surface area (Å²) in [5.74, 6) is 1.17. The highest BCUT2D eigenvalue weighted by molar-refractivity contribution is 6.32. The van der Waals surface area contributed by atoms with E-state index in [0.717, 1.165) is 32.5 Å². The fraction of sp³-hybridized carbons (Fsp3) is 0.533. The third-order valence-electron chi connectivity index (χ3n) is 3.84. The lowest BCUT2D eigenvalue weighted by Crippen LogP contribution is -2.40. The van der Waals surface area contributed by atoms with Gasteiger partial charge in [-0.25, -0.2) is 0 Å². The van der Waals surface area contributed by atoms with Crippen LogP contribution in [0.4, 0.5) is 5.69 Å². The molecule has 6 heteroatoms. The molecule has 1 aromatic rings. The molecule has 0 radical (unpaired) electrons. The van der Waals surface area contributed by atoms with Crippen molar-refractivity contribution in [3.05, 3.63) is 23.2 Å². The number of carbonyl (C=O) groups is 1. The normalized spacial score (nSPS) is 16.7. The molecule has 0 aromatic heterocycles. The van der Waals surface area contributed by atoms with Crippen LogP contribution < -0.4 is 15.8 Å². The molecule has 0 aliphatic carbocycles. The molecule has 1 aliphatic rings. The zero-order chi connectivity index (χ0) is 15.2. The van der Waals surface area contributed by atoms with E-state index in [0.29, 0.717) is 28.9 Å². The van der Waals surface area contributed by atoms with Gasteiger partial charge in [-0.15, -0.1) is 0 Å². The molecular formula is C15H22ClN3O2. The molecule has 116 valence electrons. The van der Waals surface area contributed by atoms with Gasteiger partial charge in [0.25, 0.3) is 0 Å². The number of piperidine rings is 1. The van der Waals surface area contributed by atoms with Crippen LogP contribution >= 0.6 is 11.6 Å². The van der Waals surface area contributed by atoms with Gasteiger partial charge in [-0.1, -0.05) is 11.6 Å². The maximum atomic E-state index is 12.0. The van der Waals surface area contributed by atoms with Crippen LogP contribution in [0.3, 0.4) is 0 Å². The summed E-state index contributed by atoms with van der Waals surface area (Å²) in [6.07, 6.45) is 2.14. The Labute approximate surface area is 130 Å². The van der Waals surface area contributed by atoms with Gasteiger partial charge in [0.1, 0.15) is 5.75 Å². The Hall–Kier alpha value is -1.30. The largest absolute Gasteiger partial charge is 0.495 e. The first kappa shape index (κ1) is 16.1.